The second kappa shape index (κ2) is 6.64. The van der Waals surface area contributed by atoms with Crippen LogP contribution in [0.25, 0.3) is 0 Å². The fourth-order valence-electron chi connectivity index (χ4n) is 2.26. The molecule has 1 atom stereocenters. The number of nitrogen functional groups attached to an aromatic ring is 1. The second-order valence-electron chi connectivity index (χ2n) is 5.21. The lowest BCUT2D eigenvalue weighted by Gasteiger charge is -2.16. The van der Waals surface area contributed by atoms with E-state index < -0.39 is 0 Å². The summed E-state index contributed by atoms with van der Waals surface area (Å²) in [5.74, 6) is -0.198. The van der Waals surface area contributed by atoms with E-state index in [4.69, 9.17) is 17.3 Å². The van der Waals surface area contributed by atoms with E-state index in [2.05, 4.69) is 24.4 Å². The maximum absolute atomic E-state index is 12.3. The summed E-state index contributed by atoms with van der Waals surface area (Å²) < 4.78 is 0. The van der Waals surface area contributed by atoms with Gasteiger partial charge >= 0.3 is 0 Å². The van der Waals surface area contributed by atoms with Crippen molar-refractivity contribution >= 4 is 23.2 Å². The number of hydrogen-bond acceptors (Lipinski definition) is 2. The first-order chi connectivity index (χ1) is 9.99. The van der Waals surface area contributed by atoms with Crippen molar-refractivity contribution in [3.63, 3.8) is 0 Å². The Balaban J connectivity index is 2.06. The molecule has 2 aromatic carbocycles. The van der Waals surface area contributed by atoms with Gasteiger partial charge in [0.25, 0.3) is 5.91 Å². The Bertz CT molecular complexity index is 655. The standard InChI is InChI=1S/C17H19ClN2O/c1-11-6-3-4-7-13(11)10-12(2)20-17(21)14-8-5-9-15(18)16(14)19/h3-9,12H,10,19H2,1-2H3,(H,20,21). The number of carbonyl (C=O) groups is 1. The molecule has 21 heavy (non-hydrogen) atoms. The van der Waals surface area contributed by atoms with E-state index in [0.717, 1.165) is 6.42 Å². The molecule has 2 aromatic rings. The molecular weight excluding hydrogens is 284 g/mol. The topological polar surface area (TPSA) is 55.1 Å². The molecule has 0 aliphatic heterocycles. The van der Waals surface area contributed by atoms with Crippen LogP contribution in [0.1, 0.15) is 28.4 Å². The summed E-state index contributed by atoms with van der Waals surface area (Å²) in [4.78, 5) is 12.3. The van der Waals surface area contributed by atoms with Crippen LogP contribution in [0.5, 0.6) is 0 Å². The minimum atomic E-state index is -0.198. The summed E-state index contributed by atoms with van der Waals surface area (Å²) in [7, 11) is 0. The summed E-state index contributed by atoms with van der Waals surface area (Å²) in [5, 5.41) is 3.36. The van der Waals surface area contributed by atoms with Crippen LogP contribution in [0.15, 0.2) is 42.5 Å². The SMILES string of the molecule is Cc1ccccc1CC(C)NC(=O)c1cccc(Cl)c1N. The Labute approximate surface area is 130 Å². The fourth-order valence-corrected chi connectivity index (χ4v) is 2.43. The Morgan fingerprint density at radius 1 is 1.24 bits per heavy atom. The lowest BCUT2D eigenvalue weighted by Crippen LogP contribution is -2.34. The molecule has 1 amide bonds. The van der Waals surface area contributed by atoms with E-state index in [0.29, 0.717) is 16.3 Å². The van der Waals surface area contributed by atoms with Crippen molar-refractivity contribution in [3.8, 4) is 0 Å². The number of nitrogens with one attached hydrogen (secondary N) is 1. The molecular formula is C17H19ClN2O. The quantitative estimate of drug-likeness (QED) is 0.848. The number of aryl methyl sites for hydroxylation is 1. The Morgan fingerprint density at radius 2 is 1.95 bits per heavy atom. The van der Waals surface area contributed by atoms with Crippen molar-refractivity contribution in [2.45, 2.75) is 26.3 Å². The zero-order chi connectivity index (χ0) is 15.4. The minimum absolute atomic E-state index is 0.0111. The van der Waals surface area contributed by atoms with Crippen LogP contribution in [0, 0.1) is 6.92 Å². The molecule has 0 aromatic heterocycles. The van der Waals surface area contributed by atoms with Gasteiger partial charge in [0.2, 0.25) is 0 Å². The lowest BCUT2D eigenvalue weighted by atomic mass is 10.0. The van der Waals surface area contributed by atoms with Crippen LogP contribution in [0.2, 0.25) is 5.02 Å². The highest BCUT2D eigenvalue weighted by atomic mass is 35.5. The van der Waals surface area contributed by atoms with Crippen LogP contribution >= 0.6 is 11.6 Å². The molecule has 0 bridgehead atoms. The van der Waals surface area contributed by atoms with Gasteiger partial charge in [0.15, 0.2) is 0 Å². The van der Waals surface area contributed by atoms with E-state index in [1.54, 1.807) is 18.2 Å². The van der Waals surface area contributed by atoms with Gasteiger partial charge in [0.1, 0.15) is 0 Å². The van der Waals surface area contributed by atoms with Gasteiger partial charge in [-0.2, -0.15) is 0 Å². The van der Waals surface area contributed by atoms with Crippen molar-refractivity contribution in [2.24, 2.45) is 0 Å². The highest BCUT2D eigenvalue weighted by molar-refractivity contribution is 6.33. The van der Waals surface area contributed by atoms with Gasteiger partial charge in [-0.15, -0.1) is 0 Å². The molecule has 0 saturated carbocycles. The van der Waals surface area contributed by atoms with Gasteiger partial charge in [-0.1, -0.05) is 41.9 Å². The predicted molar refractivity (Wildman–Crippen MR) is 87.7 cm³/mol. The number of para-hydroxylation sites is 1. The molecule has 0 fully saturated rings. The zero-order valence-electron chi connectivity index (χ0n) is 12.2. The molecule has 0 aliphatic rings. The largest absolute Gasteiger partial charge is 0.397 e. The number of rotatable bonds is 4. The van der Waals surface area contributed by atoms with Crippen LogP contribution in [0.3, 0.4) is 0 Å². The molecule has 110 valence electrons. The average molecular weight is 303 g/mol. The molecule has 3 N–H and O–H groups in total. The number of hydrogen-bond donors (Lipinski definition) is 2. The van der Waals surface area contributed by atoms with Crippen LogP contribution in [0.4, 0.5) is 5.69 Å². The Morgan fingerprint density at radius 3 is 2.67 bits per heavy atom. The van der Waals surface area contributed by atoms with Crippen molar-refractivity contribution < 1.29 is 4.79 Å². The molecule has 4 heteroatoms. The van der Waals surface area contributed by atoms with Crippen molar-refractivity contribution in [3.05, 3.63) is 64.2 Å². The first-order valence-corrected chi connectivity index (χ1v) is 7.26. The fraction of sp³-hybridized carbons (Fsp3) is 0.235. The zero-order valence-corrected chi connectivity index (χ0v) is 12.9. The highest BCUT2D eigenvalue weighted by Crippen LogP contribution is 2.22. The molecule has 0 aliphatic carbocycles. The first kappa shape index (κ1) is 15.4. The first-order valence-electron chi connectivity index (χ1n) is 6.88. The van der Waals surface area contributed by atoms with Gasteiger partial charge in [-0.25, -0.2) is 0 Å². The number of benzene rings is 2. The van der Waals surface area contributed by atoms with E-state index in [9.17, 15) is 4.79 Å². The molecule has 3 nitrogen and oxygen atoms in total. The van der Waals surface area contributed by atoms with Crippen molar-refractivity contribution in [1.29, 1.82) is 0 Å². The van der Waals surface area contributed by atoms with Gasteiger partial charge in [0, 0.05) is 6.04 Å². The summed E-state index contributed by atoms with van der Waals surface area (Å²) in [5.41, 5.74) is 9.03. The Hall–Kier alpha value is -2.00. The average Bonchev–Trinajstić information content (AvgIpc) is 2.44. The molecule has 0 radical (unpaired) electrons. The van der Waals surface area contributed by atoms with Crippen molar-refractivity contribution in [1.82, 2.24) is 5.32 Å². The molecule has 0 spiro atoms. The maximum atomic E-state index is 12.3. The lowest BCUT2D eigenvalue weighted by molar-refractivity contribution is 0.0941. The molecule has 2 rings (SSSR count). The normalized spacial score (nSPS) is 12.0. The Kier molecular flexibility index (Phi) is 4.86. The highest BCUT2D eigenvalue weighted by Gasteiger charge is 2.14. The van der Waals surface area contributed by atoms with E-state index in [1.807, 2.05) is 19.1 Å². The van der Waals surface area contributed by atoms with Crippen molar-refractivity contribution in [2.75, 3.05) is 5.73 Å². The van der Waals surface area contributed by atoms with Crippen LogP contribution < -0.4 is 11.1 Å². The van der Waals surface area contributed by atoms with Gasteiger partial charge < -0.3 is 11.1 Å². The summed E-state index contributed by atoms with van der Waals surface area (Å²) in [6.45, 7) is 4.05. The third-order valence-corrected chi connectivity index (χ3v) is 3.79. The number of halogens is 1. The summed E-state index contributed by atoms with van der Waals surface area (Å²) >= 11 is 5.94. The number of anilines is 1. The van der Waals surface area contributed by atoms with E-state index in [-0.39, 0.29) is 11.9 Å². The number of carbonyl (C=O) groups excluding carboxylic acids is 1. The second-order valence-corrected chi connectivity index (χ2v) is 5.61. The van der Waals surface area contributed by atoms with Gasteiger partial charge in [0.05, 0.1) is 16.3 Å². The minimum Gasteiger partial charge on any atom is -0.397 e. The molecule has 1 unspecified atom stereocenters. The maximum Gasteiger partial charge on any atom is 0.253 e. The molecule has 0 saturated heterocycles. The predicted octanol–water partition coefficient (Wildman–Crippen LogP) is 3.59. The number of nitrogens with two attached hydrogens (primary N) is 1. The van der Waals surface area contributed by atoms with Crippen LogP contribution in [-0.4, -0.2) is 11.9 Å². The van der Waals surface area contributed by atoms with E-state index in [1.165, 1.54) is 11.1 Å². The van der Waals surface area contributed by atoms with Gasteiger partial charge in [-0.3, -0.25) is 4.79 Å². The monoisotopic (exact) mass is 302 g/mol. The smallest absolute Gasteiger partial charge is 0.253 e. The third-order valence-electron chi connectivity index (χ3n) is 3.46. The third kappa shape index (κ3) is 3.76. The van der Waals surface area contributed by atoms with Gasteiger partial charge in [-0.05, 0) is 43.5 Å². The number of amides is 1. The summed E-state index contributed by atoms with van der Waals surface area (Å²) in [6, 6.07) is 13.2. The van der Waals surface area contributed by atoms with Crippen LogP contribution in [-0.2, 0) is 6.42 Å². The molecule has 0 heterocycles. The van der Waals surface area contributed by atoms with E-state index >= 15 is 0 Å². The summed E-state index contributed by atoms with van der Waals surface area (Å²) in [6.07, 6.45) is 0.777.